The van der Waals surface area contributed by atoms with E-state index in [0.29, 0.717) is 31.6 Å². The average Bonchev–Trinajstić information content (AvgIpc) is 3.20. The van der Waals surface area contributed by atoms with Gasteiger partial charge in [0, 0.05) is 32.1 Å². The van der Waals surface area contributed by atoms with Crippen molar-refractivity contribution in [2.24, 2.45) is 5.92 Å². The maximum Gasteiger partial charge on any atom is 0.216 e. The van der Waals surface area contributed by atoms with E-state index in [1.807, 2.05) is 35.1 Å². The fraction of sp³-hybridized carbons (Fsp3) is 0.500. The number of aliphatic hydroxyl groups is 1. The lowest BCUT2D eigenvalue weighted by Crippen LogP contribution is -2.40. The third-order valence-corrected chi connectivity index (χ3v) is 6.08. The first-order chi connectivity index (χ1) is 12.5. The van der Waals surface area contributed by atoms with Crippen LogP contribution >= 0.6 is 0 Å². The first-order valence-corrected chi connectivity index (χ1v) is 10.3. The summed E-state index contributed by atoms with van der Waals surface area (Å²) < 4.78 is 34.8. The van der Waals surface area contributed by atoms with Crippen LogP contribution in [0.15, 0.2) is 42.7 Å². The molecule has 0 spiro atoms. The predicted molar refractivity (Wildman–Crippen MR) is 97.7 cm³/mol. The molecule has 1 aliphatic rings. The molecule has 0 bridgehead atoms. The first kappa shape index (κ1) is 19.0. The molecular formula is C18H25N3O4S. The Labute approximate surface area is 154 Å². The number of nitrogens with one attached hydrogen (secondary N) is 1. The molecule has 3 rings (SSSR count). The minimum atomic E-state index is -3.57. The van der Waals surface area contributed by atoms with Gasteiger partial charge in [0.15, 0.2) is 0 Å². The minimum Gasteiger partial charge on any atom is -0.391 e. The van der Waals surface area contributed by atoms with Gasteiger partial charge in [-0.2, -0.15) is 5.10 Å². The van der Waals surface area contributed by atoms with Gasteiger partial charge in [-0.3, -0.25) is 4.68 Å². The molecule has 1 aromatic heterocycles. The maximum atomic E-state index is 12.6. The van der Waals surface area contributed by atoms with Crippen LogP contribution in [0.1, 0.15) is 24.0 Å². The second-order valence-corrected chi connectivity index (χ2v) is 8.57. The van der Waals surface area contributed by atoms with Crippen LogP contribution in [0.25, 0.3) is 0 Å². The summed E-state index contributed by atoms with van der Waals surface area (Å²) in [5, 5.41) is 14.5. The Morgan fingerprint density at radius 3 is 2.73 bits per heavy atom. The normalized spacial score (nSPS) is 23.4. The molecule has 3 atom stereocenters. The van der Waals surface area contributed by atoms with Gasteiger partial charge in [-0.1, -0.05) is 24.3 Å². The van der Waals surface area contributed by atoms with Gasteiger partial charge in [0.1, 0.15) is 0 Å². The van der Waals surface area contributed by atoms with E-state index in [2.05, 4.69) is 9.82 Å². The molecule has 1 fully saturated rings. The number of rotatable bonds is 8. The van der Waals surface area contributed by atoms with Crippen LogP contribution in [-0.4, -0.2) is 42.6 Å². The zero-order valence-corrected chi connectivity index (χ0v) is 15.6. The Hall–Kier alpha value is -1.74. The fourth-order valence-corrected chi connectivity index (χ4v) is 5.03. The second-order valence-electron chi connectivity index (χ2n) is 6.82. The number of aliphatic hydroxyl groups excluding tert-OH is 1. The lowest BCUT2D eigenvalue weighted by Gasteiger charge is -2.17. The summed E-state index contributed by atoms with van der Waals surface area (Å²) in [5.74, 6) is 0.0675. The molecule has 8 heteroatoms. The van der Waals surface area contributed by atoms with E-state index in [0.717, 1.165) is 5.56 Å². The lowest BCUT2D eigenvalue weighted by atomic mass is 10.1. The standard InChI is InChI=1S/C18H25N3O4S/c1-25-12-15-5-2-3-6-16(15)13-26(23,24)20-17-9-14(10-18(17)22)11-21-8-4-7-19-21/h2-8,14,17-18,20,22H,9-13H2,1H3/t14?,17-,18-/m1/s1. The zero-order valence-electron chi connectivity index (χ0n) is 14.8. The molecule has 0 radical (unpaired) electrons. The largest absolute Gasteiger partial charge is 0.391 e. The smallest absolute Gasteiger partial charge is 0.216 e. The molecule has 1 saturated carbocycles. The molecular weight excluding hydrogens is 354 g/mol. The van der Waals surface area contributed by atoms with Crippen LogP contribution in [0.3, 0.4) is 0 Å². The molecule has 2 aromatic rings. The zero-order chi connectivity index (χ0) is 18.6. The number of ether oxygens (including phenoxy) is 1. The van der Waals surface area contributed by atoms with Crippen LogP contribution in [0.5, 0.6) is 0 Å². The molecule has 1 aliphatic carbocycles. The SMILES string of the molecule is COCc1ccccc1CS(=O)(=O)N[C@@H]1CC(Cn2cccn2)C[C@H]1O. The predicted octanol–water partition coefficient (Wildman–Crippen LogP) is 1.29. The van der Waals surface area contributed by atoms with Crippen molar-refractivity contribution in [3.63, 3.8) is 0 Å². The van der Waals surface area contributed by atoms with Gasteiger partial charge in [0.25, 0.3) is 0 Å². The van der Waals surface area contributed by atoms with Crippen molar-refractivity contribution in [2.75, 3.05) is 7.11 Å². The molecule has 2 N–H and O–H groups in total. The Morgan fingerprint density at radius 2 is 2.04 bits per heavy atom. The van der Waals surface area contributed by atoms with Gasteiger partial charge in [-0.05, 0) is 36.0 Å². The highest BCUT2D eigenvalue weighted by Crippen LogP contribution is 2.28. The monoisotopic (exact) mass is 379 g/mol. The van der Waals surface area contributed by atoms with Gasteiger partial charge >= 0.3 is 0 Å². The van der Waals surface area contributed by atoms with Gasteiger partial charge < -0.3 is 9.84 Å². The van der Waals surface area contributed by atoms with Crippen LogP contribution < -0.4 is 4.72 Å². The molecule has 0 amide bonds. The number of nitrogens with zero attached hydrogens (tertiary/aromatic N) is 2. The summed E-state index contributed by atoms with van der Waals surface area (Å²) in [5.41, 5.74) is 1.56. The Bertz CT molecular complexity index is 808. The van der Waals surface area contributed by atoms with E-state index in [9.17, 15) is 13.5 Å². The third-order valence-electron chi connectivity index (χ3n) is 4.73. The fourth-order valence-electron chi connectivity index (χ4n) is 3.54. The van der Waals surface area contributed by atoms with E-state index in [1.165, 1.54) is 0 Å². The maximum absolute atomic E-state index is 12.6. The van der Waals surface area contributed by atoms with Crippen molar-refractivity contribution in [2.45, 2.75) is 43.9 Å². The molecule has 142 valence electrons. The molecule has 0 aliphatic heterocycles. The van der Waals surface area contributed by atoms with E-state index >= 15 is 0 Å². The summed E-state index contributed by atoms with van der Waals surface area (Å²) >= 11 is 0. The van der Waals surface area contributed by atoms with E-state index < -0.39 is 22.2 Å². The number of benzene rings is 1. The minimum absolute atomic E-state index is 0.125. The van der Waals surface area contributed by atoms with Crippen molar-refractivity contribution in [3.05, 3.63) is 53.9 Å². The third kappa shape index (κ3) is 4.91. The summed E-state index contributed by atoms with van der Waals surface area (Å²) in [4.78, 5) is 0. The highest BCUT2D eigenvalue weighted by atomic mass is 32.2. The molecule has 1 unspecified atom stereocenters. The number of aromatic nitrogens is 2. The quantitative estimate of drug-likeness (QED) is 0.721. The topological polar surface area (TPSA) is 93.5 Å². The van der Waals surface area contributed by atoms with Crippen LogP contribution in [-0.2, 0) is 33.7 Å². The summed E-state index contributed by atoms with van der Waals surface area (Å²) in [6.07, 6.45) is 4.06. The number of hydrogen-bond acceptors (Lipinski definition) is 5. The number of hydrogen-bond donors (Lipinski definition) is 2. The van der Waals surface area contributed by atoms with Gasteiger partial charge in [0.2, 0.25) is 10.0 Å². The highest BCUT2D eigenvalue weighted by Gasteiger charge is 2.35. The Kier molecular flexibility index (Phi) is 6.08. The van der Waals surface area contributed by atoms with Gasteiger partial charge in [-0.25, -0.2) is 13.1 Å². The molecule has 26 heavy (non-hydrogen) atoms. The Morgan fingerprint density at radius 1 is 1.27 bits per heavy atom. The van der Waals surface area contributed by atoms with Crippen molar-refractivity contribution in [1.82, 2.24) is 14.5 Å². The van der Waals surface area contributed by atoms with Crippen LogP contribution in [0.4, 0.5) is 0 Å². The van der Waals surface area contributed by atoms with Crippen LogP contribution in [0.2, 0.25) is 0 Å². The van der Waals surface area contributed by atoms with Crippen molar-refractivity contribution >= 4 is 10.0 Å². The van der Waals surface area contributed by atoms with E-state index in [4.69, 9.17) is 4.74 Å². The van der Waals surface area contributed by atoms with E-state index in [-0.39, 0.29) is 11.7 Å². The van der Waals surface area contributed by atoms with Crippen molar-refractivity contribution in [1.29, 1.82) is 0 Å². The van der Waals surface area contributed by atoms with Crippen molar-refractivity contribution < 1.29 is 18.3 Å². The Balaban J connectivity index is 1.62. The first-order valence-electron chi connectivity index (χ1n) is 8.68. The lowest BCUT2D eigenvalue weighted by molar-refractivity contribution is 0.154. The van der Waals surface area contributed by atoms with Crippen LogP contribution in [0, 0.1) is 5.92 Å². The number of methoxy groups -OCH3 is 1. The number of sulfonamides is 1. The second kappa shape index (κ2) is 8.30. The van der Waals surface area contributed by atoms with Gasteiger partial charge in [0.05, 0.1) is 18.5 Å². The molecule has 7 nitrogen and oxygen atoms in total. The molecule has 0 saturated heterocycles. The summed E-state index contributed by atoms with van der Waals surface area (Å²) in [6, 6.07) is 8.71. The van der Waals surface area contributed by atoms with Crippen molar-refractivity contribution in [3.8, 4) is 0 Å². The summed E-state index contributed by atoms with van der Waals surface area (Å²) in [7, 11) is -1.98. The van der Waals surface area contributed by atoms with Gasteiger partial charge in [-0.15, -0.1) is 0 Å². The molecule has 1 heterocycles. The van der Waals surface area contributed by atoms with E-state index in [1.54, 1.807) is 19.4 Å². The highest BCUT2D eigenvalue weighted by molar-refractivity contribution is 7.88. The molecule has 1 aromatic carbocycles. The average molecular weight is 379 g/mol. The summed E-state index contributed by atoms with van der Waals surface area (Å²) in [6.45, 7) is 1.04.